The molecule has 1 atom stereocenters. The monoisotopic (exact) mass is 657 g/mol. The summed E-state index contributed by atoms with van der Waals surface area (Å²) in [6.07, 6.45) is -16.5. The number of rotatable bonds is 13. The number of benzene rings is 4. The highest BCUT2D eigenvalue weighted by atomic mass is 19.4. The van der Waals surface area contributed by atoms with E-state index in [0.29, 0.717) is 23.6 Å². The van der Waals surface area contributed by atoms with Crippen molar-refractivity contribution in [2.45, 2.75) is 50.3 Å². The number of alkyl halides is 9. The molecule has 0 aromatic heterocycles. The van der Waals surface area contributed by atoms with Crippen molar-refractivity contribution < 1.29 is 53.7 Å². The van der Waals surface area contributed by atoms with E-state index in [1.54, 1.807) is 42.5 Å². The van der Waals surface area contributed by atoms with Gasteiger partial charge in [-0.15, -0.1) is 26.3 Å². The van der Waals surface area contributed by atoms with Gasteiger partial charge in [0.2, 0.25) is 6.17 Å². The van der Waals surface area contributed by atoms with Gasteiger partial charge in [-0.2, -0.15) is 8.78 Å². The van der Waals surface area contributed by atoms with E-state index in [9.17, 15) is 39.5 Å². The number of nitrogens with one attached hydrogen (secondary N) is 1. The van der Waals surface area contributed by atoms with Crippen LogP contribution in [-0.4, -0.2) is 31.5 Å². The first-order chi connectivity index (χ1) is 21.5. The SMILES string of the molecule is CC(F)C(F)(F)Oc1ccc(CNCC(Cc2ccccc2)(c2cccc(OC(F)(F)F)c2)c2cccc(OC(F)(F)F)c2)cc1. The fourth-order valence-corrected chi connectivity index (χ4v) is 4.90. The molecule has 4 rings (SSSR count). The Kier molecular flexibility index (Phi) is 10.4. The molecule has 1 unspecified atom stereocenters. The van der Waals surface area contributed by atoms with Crippen LogP contribution in [0.3, 0.4) is 0 Å². The molecule has 4 nitrogen and oxygen atoms in total. The van der Waals surface area contributed by atoms with Gasteiger partial charge in [0.15, 0.2) is 0 Å². The van der Waals surface area contributed by atoms with E-state index < -0.39 is 41.9 Å². The molecule has 0 heterocycles. The molecule has 0 aliphatic carbocycles. The van der Waals surface area contributed by atoms with Gasteiger partial charge in [-0.25, -0.2) is 4.39 Å². The van der Waals surface area contributed by atoms with E-state index in [2.05, 4.69) is 19.5 Å². The summed E-state index contributed by atoms with van der Waals surface area (Å²) in [5, 5.41) is 3.21. The smallest absolute Gasteiger partial charge is 0.430 e. The van der Waals surface area contributed by atoms with Gasteiger partial charge in [0.05, 0.1) is 0 Å². The number of halogens is 9. The zero-order chi connectivity index (χ0) is 33.6. The topological polar surface area (TPSA) is 39.7 Å². The lowest BCUT2D eigenvalue weighted by molar-refractivity contribution is -0.275. The first-order valence-electron chi connectivity index (χ1n) is 13.8. The minimum absolute atomic E-state index is 0.0253. The quantitative estimate of drug-likeness (QED) is 0.146. The normalized spacial score (nSPS) is 13.3. The summed E-state index contributed by atoms with van der Waals surface area (Å²) in [6.45, 7) is 0.739. The van der Waals surface area contributed by atoms with Gasteiger partial charge in [-0.1, -0.05) is 66.7 Å². The average molecular weight is 658 g/mol. The molecular weight excluding hydrogens is 629 g/mol. The molecule has 0 amide bonds. The number of hydrogen-bond donors (Lipinski definition) is 1. The number of ether oxygens (including phenoxy) is 3. The van der Waals surface area contributed by atoms with Gasteiger partial charge in [0.1, 0.15) is 17.2 Å². The zero-order valence-corrected chi connectivity index (χ0v) is 24.1. The van der Waals surface area contributed by atoms with Crippen molar-refractivity contribution in [3.63, 3.8) is 0 Å². The van der Waals surface area contributed by atoms with Crippen molar-refractivity contribution in [3.05, 3.63) is 125 Å². The lowest BCUT2D eigenvalue weighted by atomic mass is 9.70. The second-order valence-electron chi connectivity index (χ2n) is 10.4. The molecule has 0 fully saturated rings. The summed E-state index contributed by atoms with van der Waals surface area (Å²) < 4.78 is 132. The molecule has 0 radical (unpaired) electrons. The molecule has 246 valence electrons. The highest BCUT2D eigenvalue weighted by molar-refractivity contribution is 5.47. The first-order valence-corrected chi connectivity index (χ1v) is 13.8. The Morgan fingerprint density at radius 1 is 0.587 bits per heavy atom. The molecule has 0 bridgehead atoms. The summed E-state index contributed by atoms with van der Waals surface area (Å²) in [4.78, 5) is 0. The maximum atomic E-state index is 13.7. The average Bonchev–Trinajstić information content (AvgIpc) is 2.96. The zero-order valence-electron chi connectivity index (χ0n) is 24.1. The summed E-state index contributed by atoms with van der Waals surface area (Å²) in [7, 11) is 0. The minimum atomic E-state index is -5.00. The van der Waals surface area contributed by atoms with Crippen LogP contribution in [0.2, 0.25) is 0 Å². The maximum absolute atomic E-state index is 13.7. The molecule has 0 aliphatic heterocycles. The maximum Gasteiger partial charge on any atom is 0.573 e. The minimum Gasteiger partial charge on any atom is -0.430 e. The summed E-state index contributed by atoms with van der Waals surface area (Å²) in [5.74, 6) is -1.33. The third kappa shape index (κ3) is 9.56. The van der Waals surface area contributed by atoms with Crippen molar-refractivity contribution >= 4 is 0 Å². The van der Waals surface area contributed by atoms with Gasteiger partial charge in [-0.3, -0.25) is 0 Å². The third-order valence-corrected chi connectivity index (χ3v) is 6.99. The van der Waals surface area contributed by atoms with E-state index in [4.69, 9.17) is 0 Å². The molecule has 0 saturated carbocycles. The Balaban J connectivity index is 1.74. The van der Waals surface area contributed by atoms with Crippen LogP contribution in [0.4, 0.5) is 39.5 Å². The Bertz CT molecular complexity index is 1500. The van der Waals surface area contributed by atoms with Crippen molar-refractivity contribution in [1.82, 2.24) is 5.32 Å². The molecular formula is C33H28F9NO3. The molecule has 13 heteroatoms. The molecule has 0 saturated heterocycles. The van der Waals surface area contributed by atoms with Crippen molar-refractivity contribution in [1.29, 1.82) is 0 Å². The van der Waals surface area contributed by atoms with Crippen LogP contribution in [0.15, 0.2) is 103 Å². The van der Waals surface area contributed by atoms with Crippen LogP contribution >= 0.6 is 0 Å². The Hall–Kier alpha value is -4.39. The predicted molar refractivity (Wildman–Crippen MR) is 151 cm³/mol. The van der Waals surface area contributed by atoms with Gasteiger partial charge in [-0.05, 0) is 72.0 Å². The van der Waals surface area contributed by atoms with Gasteiger partial charge >= 0.3 is 18.8 Å². The highest BCUT2D eigenvalue weighted by Crippen LogP contribution is 2.40. The standard InChI is InChI=1S/C33H28F9NO3/c1-22(34)31(35,36)44-27-15-13-24(14-16-27)20-43-21-30(19-23-7-3-2-4-8-23,25-9-5-11-28(17-25)45-32(37,38)39)26-10-6-12-29(18-26)46-33(40,41)42/h2-18,22,43H,19-21H2,1H3. The fraction of sp³-hybridized carbons (Fsp3) is 0.273. The fourth-order valence-electron chi connectivity index (χ4n) is 4.90. The third-order valence-electron chi connectivity index (χ3n) is 6.99. The molecule has 1 N–H and O–H groups in total. The predicted octanol–water partition coefficient (Wildman–Crippen LogP) is 9.13. The van der Waals surface area contributed by atoms with Gasteiger partial charge < -0.3 is 19.5 Å². The van der Waals surface area contributed by atoms with Crippen molar-refractivity contribution in [2.75, 3.05) is 6.54 Å². The summed E-state index contributed by atoms with van der Waals surface area (Å²) in [5.41, 5.74) is 0.584. The second-order valence-corrected chi connectivity index (χ2v) is 10.4. The Morgan fingerprint density at radius 3 is 1.59 bits per heavy atom. The molecule has 0 aliphatic rings. The summed E-state index contributed by atoms with van der Waals surface area (Å²) >= 11 is 0. The Morgan fingerprint density at radius 2 is 1.11 bits per heavy atom. The van der Waals surface area contributed by atoms with Crippen molar-refractivity contribution in [2.24, 2.45) is 0 Å². The van der Waals surface area contributed by atoms with Crippen LogP contribution in [0.5, 0.6) is 17.2 Å². The highest BCUT2D eigenvalue weighted by Gasteiger charge is 2.40. The second kappa shape index (κ2) is 13.9. The molecule has 4 aromatic carbocycles. The van der Waals surface area contributed by atoms with Crippen LogP contribution in [0.1, 0.15) is 29.2 Å². The molecule has 4 aromatic rings. The van der Waals surface area contributed by atoms with Gasteiger partial charge in [0.25, 0.3) is 0 Å². The lowest BCUT2D eigenvalue weighted by Gasteiger charge is -2.36. The number of hydrogen-bond acceptors (Lipinski definition) is 4. The van der Waals surface area contributed by atoms with E-state index in [1.165, 1.54) is 48.5 Å². The van der Waals surface area contributed by atoms with Gasteiger partial charge in [0, 0.05) is 18.5 Å². The van der Waals surface area contributed by atoms with E-state index in [0.717, 1.165) is 17.7 Å². The van der Waals surface area contributed by atoms with Crippen LogP contribution in [-0.2, 0) is 18.4 Å². The van der Waals surface area contributed by atoms with Crippen LogP contribution in [0, 0.1) is 0 Å². The van der Waals surface area contributed by atoms with Crippen molar-refractivity contribution in [3.8, 4) is 17.2 Å². The van der Waals surface area contributed by atoms with Crippen LogP contribution in [0.25, 0.3) is 0 Å². The van der Waals surface area contributed by atoms with E-state index in [1.807, 2.05) is 0 Å². The van der Waals surface area contributed by atoms with E-state index >= 15 is 0 Å². The summed E-state index contributed by atoms with van der Waals surface area (Å²) in [6, 6.07) is 24.5. The molecule has 46 heavy (non-hydrogen) atoms. The molecule has 0 spiro atoms. The largest absolute Gasteiger partial charge is 0.573 e. The van der Waals surface area contributed by atoms with Crippen LogP contribution < -0.4 is 19.5 Å². The van der Waals surface area contributed by atoms with E-state index in [-0.39, 0.29) is 25.3 Å². The lowest BCUT2D eigenvalue weighted by Crippen LogP contribution is -2.41. The Labute approximate surface area is 258 Å². The first kappa shape index (κ1) is 34.5.